The SMILES string of the molecule is O=C(C1CC1)N1Cc2cc(Cl)ccc2-n2c(nnc2C2CCN(c3ncccn3)CC2)C1. The zero-order valence-electron chi connectivity index (χ0n) is 17.7. The minimum absolute atomic E-state index is 0.163. The van der Waals surface area contributed by atoms with Crippen LogP contribution in [0.5, 0.6) is 0 Å². The Morgan fingerprint density at radius 3 is 2.53 bits per heavy atom. The number of amides is 1. The molecule has 2 aromatic heterocycles. The number of aromatic nitrogens is 5. The van der Waals surface area contributed by atoms with Gasteiger partial charge in [0.25, 0.3) is 0 Å². The van der Waals surface area contributed by atoms with E-state index in [9.17, 15) is 4.79 Å². The number of fused-ring (bicyclic) bond motifs is 3. The number of hydrogen-bond acceptors (Lipinski definition) is 6. The Balaban J connectivity index is 1.32. The fourth-order valence-corrected chi connectivity index (χ4v) is 5.02. The smallest absolute Gasteiger partial charge is 0.226 e. The lowest BCUT2D eigenvalue weighted by Crippen LogP contribution is -2.34. The average Bonchev–Trinajstić information content (AvgIpc) is 3.62. The van der Waals surface area contributed by atoms with Gasteiger partial charge in [0.05, 0.1) is 12.2 Å². The molecule has 8 nitrogen and oxygen atoms in total. The molecule has 1 amide bonds. The van der Waals surface area contributed by atoms with Crippen LogP contribution in [0.2, 0.25) is 5.02 Å². The van der Waals surface area contributed by atoms with E-state index in [1.54, 1.807) is 12.4 Å². The Morgan fingerprint density at radius 1 is 1.00 bits per heavy atom. The van der Waals surface area contributed by atoms with Crippen molar-refractivity contribution in [3.63, 3.8) is 0 Å². The van der Waals surface area contributed by atoms with Crippen LogP contribution in [0.1, 0.15) is 48.8 Å². The van der Waals surface area contributed by atoms with Crippen molar-refractivity contribution in [2.24, 2.45) is 5.92 Å². The molecule has 164 valence electrons. The topological polar surface area (TPSA) is 80.0 Å². The largest absolute Gasteiger partial charge is 0.341 e. The van der Waals surface area contributed by atoms with Gasteiger partial charge >= 0.3 is 0 Å². The highest BCUT2D eigenvalue weighted by atomic mass is 35.5. The van der Waals surface area contributed by atoms with Crippen LogP contribution in [0.3, 0.4) is 0 Å². The number of rotatable bonds is 3. The number of carbonyl (C=O) groups is 1. The maximum absolute atomic E-state index is 12.9. The first-order chi connectivity index (χ1) is 15.7. The molecule has 1 aromatic carbocycles. The predicted octanol–water partition coefficient (Wildman–Crippen LogP) is 3.35. The van der Waals surface area contributed by atoms with E-state index in [1.807, 2.05) is 29.2 Å². The summed E-state index contributed by atoms with van der Waals surface area (Å²) in [7, 11) is 0. The summed E-state index contributed by atoms with van der Waals surface area (Å²) in [5.74, 6) is 3.23. The van der Waals surface area contributed by atoms with Crippen LogP contribution in [0.25, 0.3) is 5.69 Å². The number of nitrogens with zero attached hydrogens (tertiary/aromatic N) is 7. The Hall–Kier alpha value is -3.00. The molecule has 0 unspecified atom stereocenters. The monoisotopic (exact) mass is 449 g/mol. The van der Waals surface area contributed by atoms with Gasteiger partial charge in [-0.2, -0.15) is 0 Å². The third-order valence-corrected chi connectivity index (χ3v) is 6.90. The van der Waals surface area contributed by atoms with Gasteiger partial charge in [0.2, 0.25) is 11.9 Å². The molecule has 0 atom stereocenters. The van der Waals surface area contributed by atoms with Gasteiger partial charge in [-0.25, -0.2) is 9.97 Å². The van der Waals surface area contributed by atoms with E-state index in [0.717, 1.165) is 67.6 Å². The molecule has 1 saturated carbocycles. The molecule has 2 aliphatic heterocycles. The van der Waals surface area contributed by atoms with Crippen molar-refractivity contribution >= 4 is 23.5 Å². The molecule has 9 heteroatoms. The third kappa shape index (κ3) is 3.52. The number of benzene rings is 1. The van der Waals surface area contributed by atoms with Crippen molar-refractivity contribution in [2.45, 2.75) is 44.7 Å². The number of carbonyl (C=O) groups excluding carboxylic acids is 1. The predicted molar refractivity (Wildman–Crippen MR) is 120 cm³/mol. The highest BCUT2D eigenvalue weighted by molar-refractivity contribution is 6.30. The zero-order chi connectivity index (χ0) is 21.7. The van der Waals surface area contributed by atoms with Crippen LogP contribution in [-0.2, 0) is 17.9 Å². The summed E-state index contributed by atoms with van der Waals surface area (Å²) in [6.07, 6.45) is 7.43. The second kappa shape index (κ2) is 7.85. The molecule has 0 spiro atoms. The van der Waals surface area contributed by atoms with Crippen LogP contribution < -0.4 is 4.90 Å². The molecule has 4 heterocycles. The first-order valence-corrected chi connectivity index (χ1v) is 11.6. The Morgan fingerprint density at radius 2 is 1.78 bits per heavy atom. The van der Waals surface area contributed by atoms with E-state index in [4.69, 9.17) is 11.6 Å². The normalized spacial score (nSPS) is 18.8. The van der Waals surface area contributed by atoms with Crippen LogP contribution in [0.4, 0.5) is 5.95 Å². The van der Waals surface area contributed by atoms with E-state index < -0.39 is 0 Å². The number of hydrogen-bond donors (Lipinski definition) is 0. The number of halogens is 1. The van der Waals surface area contributed by atoms with Crippen LogP contribution in [-0.4, -0.2) is 48.6 Å². The highest BCUT2D eigenvalue weighted by Crippen LogP contribution is 2.36. The van der Waals surface area contributed by atoms with Gasteiger partial charge in [-0.05, 0) is 55.5 Å². The molecular formula is C23H24ClN7O. The summed E-state index contributed by atoms with van der Waals surface area (Å²) in [5, 5.41) is 9.86. The summed E-state index contributed by atoms with van der Waals surface area (Å²) >= 11 is 6.33. The van der Waals surface area contributed by atoms with Gasteiger partial charge in [0.15, 0.2) is 5.82 Å². The molecule has 2 fully saturated rings. The molecule has 1 saturated heterocycles. The maximum Gasteiger partial charge on any atom is 0.226 e. The van der Waals surface area contributed by atoms with E-state index in [-0.39, 0.29) is 17.7 Å². The molecule has 0 N–H and O–H groups in total. The van der Waals surface area contributed by atoms with Crippen LogP contribution >= 0.6 is 11.6 Å². The van der Waals surface area contributed by atoms with Gasteiger partial charge in [-0.3, -0.25) is 9.36 Å². The van der Waals surface area contributed by atoms with Crippen molar-refractivity contribution < 1.29 is 4.79 Å². The lowest BCUT2D eigenvalue weighted by Gasteiger charge is -2.31. The Labute approximate surface area is 191 Å². The second-order valence-corrected chi connectivity index (χ2v) is 9.30. The summed E-state index contributed by atoms with van der Waals surface area (Å²) in [5.41, 5.74) is 2.07. The van der Waals surface area contributed by atoms with Crippen LogP contribution in [0.15, 0.2) is 36.7 Å². The highest BCUT2D eigenvalue weighted by Gasteiger charge is 2.37. The molecule has 3 aromatic rings. The van der Waals surface area contributed by atoms with Crippen molar-refractivity contribution in [3.05, 3.63) is 58.9 Å². The Bertz CT molecular complexity index is 1150. The molecule has 1 aliphatic carbocycles. The fourth-order valence-electron chi connectivity index (χ4n) is 4.83. The zero-order valence-corrected chi connectivity index (χ0v) is 18.4. The molecule has 6 rings (SSSR count). The van der Waals surface area contributed by atoms with E-state index in [1.165, 1.54) is 0 Å². The molecular weight excluding hydrogens is 426 g/mol. The summed E-state index contributed by atoms with van der Waals surface area (Å²) in [6.45, 7) is 2.77. The number of anilines is 1. The quantitative estimate of drug-likeness (QED) is 0.610. The van der Waals surface area contributed by atoms with Crippen molar-refractivity contribution in [1.29, 1.82) is 0 Å². The minimum atomic E-state index is 0.163. The average molecular weight is 450 g/mol. The lowest BCUT2D eigenvalue weighted by molar-refractivity contribution is -0.133. The first-order valence-electron chi connectivity index (χ1n) is 11.2. The molecule has 0 bridgehead atoms. The van der Waals surface area contributed by atoms with Crippen molar-refractivity contribution in [1.82, 2.24) is 29.6 Å². The van der Waals surface area contributed by atoms with E-state index in [0.29, 0.717) is 18.1 Å². The summed E-state index contributed by atoms with van der Waals surface area (Å²) < 4.78 is 2.17. The van der Waals surface area contributed by atoms with Crippen LogP contribution in [0, 0.1) is 5.92 Å². The minimum Gasteiger partial charge on any atom is -0.341 e. The number of piperidine rings is 1. The van der Waals surface area contributed by atoms with E-state index in [2.05, 4.69) is 29.6 Å². The van der Waals surface area contributed by atoms with Gasteiger partial charge in [-0.15, -0.1) is 10.2 Å². The van der Waals surface area contributed by atoms with Gasteiger partial charge < -0.3 is 9.80 Å². The summed E-state index contributed by atoms with van der Waals surface area (Å²) in [6, 6.07) is 7.74. The molecule has 0 radical (unpaired) electrons. The Kier molecular flexibility index (Phi) is 4.82. The molecule has 3 aliphatic rings. The molecule has 32 heavy (non-hydrogen) atoms. The lowest BCUT2D eigenvalue weighted by atomic mass is 9.95. The first kappa shape index (κ1) is 19.7. The fraction of sp³-hybridized carbons (Fsp3) is 0.435. The van der Waals surface area contributed by atoms with Gasteiger partial charge in [-0.1, -0.05) is 11.6 Å². The van der Waals surface area contributed by atoms with Gasteiger partial charge in [0.1, 0.15) is 5.82 Å². The van der Waals surface area contributed by atoms with Crippen molar-refractivity contribution in [3.8, 4) is 5.69 Å². The third-order valence-electron chi connectivity index (χ3n) is 6.66. The summed E-state index contributed by atoms with van der Waals surface area (Å²) in [4.78, 5) is 25.8. The second-order valence-electron chi connectivity index (χ2n) is 8.86. The maximum atomic E-state index is 12.9. The van der Waals surface area contributed by atoms with E-state index >= 15 is 0 Å². The standard InChI is InChI=1S/C23H24ClN7O/c24-18-4-5-19-17(12-18)13-30(22(32)16-2-3-16)14-20-27-28-21(31(19)20)15-6-10-29(11-7-15)23-25-8-1-9-26-23/h1,4-5,8-9,12,15-16H,2-3,6-7,10-11,13-14H2. The van der Waals surface area contributed by atoms with Gasteiger partial charge in [0, 0.05) is 48.9 Å². The van der Waals surface area contributed by atoms with Crippen molar-refractivity contribution in [2.75, 3.05) is 18.0 Å².